The number of hydrogen-bond donors (Lipinski definition) is 0. The summed E-state index contributed by atoms with van der Waals surface area (Å²) in [5.41, 5.74) is 10.6. The topological polar surface area (TPSA) is 3.24 Å². The van der Waals surface area contributed by atoms with E-state index in [2.05, 4.69) is 138 Å². The number of anilines is 3. The molecule has 0 aliphatic rings. The summed E-state index contributed by atoms with van der Waals surface area (Å²) in [5, 5.41) is 7.26. The second-order valence-electron chi connectivity index (χ2n) is 14.2. The van der Waals surface area contributed by atoms with E-state index in [0.29, 0.717) is 5.69 Å². The van der Waals surface area contributed by atoms with Gasteiger partial charge in [-0.3, -0.25) is 0 Å². The fraction of sp³-hybridized carbons (Fsp3) is 0. The van der Waals surface area contributed by atoms with Crippen LogP contribution < -0.4 is 4.90 Å². The molecule has 0 atom stereocenters. The van der Waals surface area contributed by atoms with Crippen LogP contribution in [0.5, 0.6) is 0 Å². The molecular formula is C54H36FN. The predicted octanol–water partition coefficient (Wildman–Crippen LogP) is 15.4. The third-order valence-electron chi connectivity index (χ3n) is 10.9. The highest BCUT2D eigenvalue weighted by Crippen LogP contribution is 2.47. The van der Waals surface area contributed by atoms with Crippen molar-refractivity contribution in [3.05, 3.63) is 224 Å². The van der Waals surface area contributed by atoms with Crippen LogP contribution in [0.1, 0.15) is 0 Å². The molecule has 10 aromatic carbocycles. The van der Waals surface area contributed by atoms with Gasteiger partial charge in [-0.25, -0.2) is 4.39 Å². The van der Waals surface area contributed by atoms with Crippen molar-refractivity contribution in [2.45, 2.75) is 0 Å². The predicted molar refractivity (Wildman–Crippen MR) is 235 cm³/mol. The number of nitrogens with zero attached hydrogens (tertiary/aromatic N) is 1. The molecule has 0 amide bonds. The zero-order valence-corrected chi connectivity index (χ0v) is 30.6. The summed E-state index contributed by atoms with van der Waals surface area (Å²) in [6, 6.07) is 75.4. The minimum atomic E-state index is -0.292. The van der Waals surface area contributed by atoms with Crippen molar-refractivity contribution < 1.29 is 4.39 Å². The SMILES string of the molecule is Fc1cc(-c2ccccc2)cc(-c2ccccc2)c1N(c1ccccc1)c1ccc(-c2c3ccccc3c(-c3cccc4ccccc34)c3ccccc23)cc1. The van der Waals surface area contributed by atoms with E-state index < -0.39 is 0 Å². The molecule has 0 N–H and O–H groups in total. The molecule has 0 spiro atoms. The van der Waals surface area contributed by atoms with Crippen LogP contribution in [0.4, 0.5) is 21.5 Å². The van der Waals surface area contributed by atoms with Crippen LogP contribution >= 0.6 is 0 Å². The van der Waals surface area contributed by atoms with Gasteiger partial charge in [-0.2, -0.15) is 0 Å². The van der Waals surface area contributed by atoms with Gasteiger partial charge in [0, 0.05) is 16.9 Å². The fourth-order valence-corrected chi connectivity index (χ4v) is 8.40. The Morgan fingerprint density at radius 3 is 1.41 bits per heavy atom. The first kappa shape index (κ1) is 33.3. The van der Waals surface area contributed by atoms with Crippen LogP contribution in [0.15, 0.2) is 218 Å². The van der Waals surface area contributed by atoms with Gasteiger partial charge >= 0.3 is 0 Å². The van der Waals surface area contributed by atoms with E-state index in [9.17, 15) is 0 Å². The maximum atomic E-state index is 17.0. The second-order valence-corrected chi connectivity index (χ2v) is 14.2. The van der Waals surface area contributed by atoms with Gasteiger partial charge in [-0.1, -0.05) is 182 Å². The molecule has 264 valence electrons. The molecule has 0 saturated carbocycles. The Morgan fingerprint density at radius 1 is 0.304 bits per heavy atom. The highest BCUT2D eigenvalue weighted by molar-refractivity contribution is 6.23. The largest absolute Gasteiger partial charge is 0.307 e. The summed E-state index contributed by atoms with van der Waals surface area (Å²) in [7, 11) is 0. The highest BCUT2D eigenvalue weighted by atomic mass is 19.1. The molecule has 0 fully saturated rings. The molecule has 56 heavy (non-hydrogen) atoms. The molecule has 10 rings (SSSR count). The molecule has 0 unspecified atom stereocenters. The van der Waals surface area contributed by atoms with Crippen molar-refractivity contribution in [2.75, 3.05) is 4.90 Å². The van der Waals surface area contributed by atoms with E-state index in [1.54, 1.807) is 6.07 Å². The molecule has 2 heteroatoms. The Hall–Kier alpha value is -7.29. The van der Waals surface area contributed by atoms with Crippen LogP contribution in [-0.2, 0) is 0 Å². The molecule has 0 aromatic heterocycles. The van der Waals surface area contributed by atoms with E-state index in [1.165, 1.54) is 49.0 Å². The van der Waals surface area contributed by atoms with Crippen molar-refractivity contribution >= 4 is 49.4 Å². The number of halogens is 1. The summed E-state index contributed by atoms with van der Waals surface area (Å²) in [4.78, 5) is 2.05. The van der Waals surface area contributed by atoms with Gasteiger partial charge in [0.2, 0.25) is 0 Å². The lowest BCUT2D eigenvalue weighted by molar-refractivity contribution is 0.630. The summed E-state index contributed by atoms with van der Waals surface area (Å²) in [5.74, 6) is -0.292. The third kappa shape index (κ3) is 5.80. The zero-order chi connectivity index (χ0) is 37.4. The number of benzene rings is 10. The smallest absolute Gasteiger partial charge is 0.148 e. The molecule has 0 aliphatic carbocycles. The Bertz CT molecular complexity index is 2950. The van der Waals surface area contributed by atoms with Crippen LogP contribution in [0, 0.1) is 5.82 Å². The van der Waals surface area contributed by atoms with Crippen LogP contribution in [0.25, 0.3) is 76.8 Å². The number of rotatable bonds is 7. The Morgan fingerprint density at radius 2 is 0.786 bits per heavy atom. The highest BCUT2D eigenvalue weighted by Gasteiger charge is 2.24. The second kappa shape index (κ2) is 14.2. The first-order valence-electron chi connectivity index (χ1n) is 19.0. The van der Waals surface area contributed by atoms with E-state index in [0.717, 1.165) is 39.2 Å². The number of hydrogen-bond acceptors (Lipinski definition) is 1. The molecule has 10 aromatic rings. The van der Waals surface area contributed by atoms with E-state index in [1.807, 2.05) is 78.9 Å². The first-order chi connectivity index (χ1) is 27.7. The lowest BCUT2D eigenvalue weighted by Crippen LogP contribution is -2.13. The van der Waals surface area contributed by atoms with Gasteiger partial charge in [0.1, 0.15) is 5.82 Å². The molecule has 0 bridgehead atoms. The van der Waals surface area contributed by atoms with E-state index in [4.69, 9.17) is 0 Å². The minimum Gasteiger partial charge on any atom is -0.307 e. The van der Waals surface area contributed by atoms with Gasteiger partial charge < -0.3 is 4.90 Å². The van der Waals surface area contributed by atoms with E-state index >= 15 is 4.39 Å². The fourth-order valence-electron chi connectivity index (χ4n) is 8.40. The maximum Gasteiger partial charge on any atom is 0.148 e. The molecule has 0 aliphatic heterocycles. The monoisotopic (exact) mass is 717 g/mol. The zero-order valence-electron chi connectivity index (χ0n) is 30.6. The Balaban J connectivity index is 1.17. The molecular weight excluding hydrogens is 682 g/mol. The van der Waals surface area contributed by atoms with Crippen LogP contribution in [0.3, 0.4) is 0 Å². The molecule has 1 nitrogen and oxygen atoms in total. The Labute approximate surface area is 326 Å². The van der Waals surface area contributed by atoms with Gasteiger partial charge in [-0.05, 0) is 108 Å². The van der Waals surface area contributed by atoms with Crippen molar-refractivity contribution in [3.63, 3.8) is 0 Å². The molecule has 0 saturated heterocycles. The lowest BCUT2D eigenvalue weighted by Gasteiger charge is -2.29. The summed E-state index contributed by atoms with van der Waals surface area (Å²) in [6.45, 7) is 0. The molecule has 0 heterocycles. The average Bonchev–Trinajstić information content (AvgIpc) is 3.27. The quantitative estimate of drug-likeness (QED) is 0.148. The Kier molecular flexibility index (Phi) is 8.42. The summed E-state index contributed by atoms with van der Waals surface area (Å²) >= 11 is 0. The summed E-state index contributed by atoms with van der Waals surface area (Å²) in [6.07, 6.45) is 0. The third-order valence-corrected chi connectivity index (χ3v) is 10.9. The maximum absolute atomic E-state index is 17.0. The van der Waals surface area contributed by atoms with Crippen LogP contribution in [0.2, 0.25) is 0 Å². The van der Waals surface area contributed by atoms with E-state index in [-0.39, 0.29) is 5.82 Å². The van der Waals surface area contributed by atoms with Gasteiger partial charge in [0.25, 0.3) is 0 Å². The van der Waals surface area contributed by atoms with Gasteiger partial charge in [0.15, 0.2) is 0 Å². The summed E-state index contributed by atoms with van der Waals surface area (Å²) < 4.78 is 17.0. The number of fused-ring (bicyclic) bond motifs is 3. The van der Waals surface area contributed by atoms with Gasteiger partial charge in [-0.15, -0.1) is 0 Å². The van der Waals surface area contributed by atoms with Crippen molar-refractivity contribution in [2.24, 2.45) is 0 Å². The standard InChI is InChI=1S/C54H36FN/c55-51-36-41(37-17-4-1-5-18-37)35-50(39-19-6-2-7-20-39)54(51)56(42-23-8-3-9-24-42)43-33-31-40(32-34-43)52-46-26-12-14-28-48(46)53(49-29-15-13-27-47(49)52)45-30-16-22-38-21-10-11-25-44(38)45/h1-36H. The normalized spacial score (nSPS) is 11.3. The lowest BCUT2D eigenvalue weighted by atomic mass is 9.84. The minimum absolute atomic E-state index is 0.292. The average molecular weight is 718 g/mol. The van der Waals surface area contributed by atoms with Crippen LogP contribution in [-0.4, -0.2) is 0 Å². The molecule has 0 radical (unpaired) electrons. The van der Waals surface area contributed by atoms with Gasteiger partial charge in [0.05, 0.1) is 5.69 Å². The van der Waals surface area contributed by atoms with Crippen molar-refractivity contribution in [3.8, 4) is 44.5 Å². The van der Waals surface area contributed by atoms with Crippen molar-refractivity contribution in [1.29, 1.82) is 0 Å². The number of para-hydroxylation sites is 1. The first-order valence-corrected chi connectivity index (χ1v) is 19.0. The van der Waals surface area contributed by atoms with Crippen molar-refractivity contribution in [1.82, 2.24) is 0 Å².